The number of thioether (sulfide) groups is 1. The van der Waals surface area contributed by atoms with E-state index in [9.17, 15) is 4.79 Å². The van der Waals surface area contributed by atoms with Crippen molar-refractivity contribution in [1.29, 1.82) is 0 Å². The topological polar surface area (TPSA) is 64.1 Å². The predicted octanol–water partition coefficient (Wildman–Crippen LogP) is 4.28. The molecule has 0 radical (unpaired) electrons. The number of Topliss-reactive ketones (excluding diaryl/α,β-unsaturated/α-hetero) is 1. The predicted molar refractivity (Wildman–Crippen MR) is 93.9 cm³/mol. The van der Waals surface area contributed by atoms with Crippen LogP contribution in [0, 0.1) is 0 Å². The lowest BCUT2D eigenvalue weighted by atomic mass is 9.99. The molecule has 0 amide bonds. The number of nitrogens with one attached hydrogen (secondary N) is 1. The number of para-hydroxylation sites is 2. The van der Waals surface area contributed by atoms with E-state index in [1.54, 1.807) is 11.8 Å². The lowest BCUT2D eigenvalue weighted by molar-refractivity contribution is -0.119. The second kappa shape index (κ2) is 7.79. The minimum absolute atomic E-state index is 0.0419. The molecule has 7 heteroatoms. The molecule has 5 nitrogen and oxygen atoms in total. The lowest BCUT2D eigenvalue weighted by Crippen LogP contribution is -2.21. The first-order valence-electron chi connectivity index (χ1n) is 7.78. The smallest absolute Gasteiger partial charge is 0.210 e. The van der Waals surface area contributed by atoms with Crippen molar-refractivity contribution in [2.75, 3.05) is 11.9 Å². The van der Waals surface area contributed by atoms with E-state index < -0.39 is 0 Å². The number of aromatic nitrogens is 2. The highest BCUT2D eigenvalue weighted by atomic mass is 32.2. The molecule has 1 N–H and O–H groups in total. The molecule has 1 aromatic carbocycles. The van der Waals surface area contributed by atoms with Crippen LogP contribution in [0.4, 0.5) is 10.8 Å². The third-order valence-corrected chi connectivity index (χ3v) is 5.82. The van der Waals surface area contributed by atoms with Crippen molar-refractivity contribution in [2.24, 2.45) is 0 Å². The van der Waals surface area contributed by atoms with Crippen LogP contribution < -0.4 is 10.1 Å². The number of hydrogen-bond donors (Lipinski definition) is 1. The van der Waals surface area contributed by atoms with Crippen LogP contribution >= 0.6 is 23.1 Å². The Kier molecular flexibility index (Phi) is 5.51. The highest BCUT2D eigenvalue weighted by Crippen LogP contribution is 2.36. The molecule has 2 aromatic rings. The van der Waals surface area contributed by atoms with E-state index in [4.69, 9.17) is 4.74 Å². The minimum Gasteiger partial charge on any atom is -0.492 e. The Morgan fingerprint density at radius 3 is 3.04 bits per heavy atom. The summed E-state index contributed by atoms with van der Waals surface area (Å²) in [6, 6.07) is 7.75. The SMILES string of the molecule is CCOc1ccccc1Nc1nnc(S[C@H]2CCCCC2=O)s1. The molecule has 122 valence electrons. The zero-order valence-corrected chi connectivity index (χ0v) is 14.6. The molecule has 1 atom stereocenters. The minimum atomic E-state index is 0.0419. The maximum absolute atomic E-state index is 11.9. The molecule has 0 bridgehead atoms. The molecule has 1 aromatic heterocycles. The van der Waals surface area contributed by atoms with E-state index in [0.29, 0.717) is 23.9 Å². The van der Waals surface area contributed by atoms with Gasteiger partial charge in [0.05, 0.1) is 17.5 Å². The van der Waals surface area contributed by atoms with Gasteiger partial charge in [-0.15, -0.1) is 10.2 Å². The molecule has 1 heterocycles. The Morgan fingerprint density at radius 2 is 2.22 bits per heavy atom. The highest BCUT2D eigenvalue weighted by molar-refractivity contribution is 8.02. The van der Waals surface area contributed by atoms with E-state index in [1.807, 2.05) is 31.2 Å². The molecule has 1 aliphatic rings. The summed E-state index contributed by atoms with van der Waals surface area (Å²) >= 11 is 3.01. The zero-order valence-electron chi connectivity index (χ0n) is 12.9. The largest absolute Gasteiger partial charge is 0.492 e. The van der Waals surface area contributed by atoms with Crippen molar-refractivity contribution in [3.63, 3.8) is 0 Å². The van der Waals surface area contributed by atoms with Crippen molar-refractivity contribution in [1.82, 2.24) is 10.2 Å². The Balaban J connectivity index is 1.66. The Morgan fingerprint density at radius 1 is 1.35 bits per heavy atom. The summed E-state index contributed by atoms with van der Waals surface area (Å²) in [6.07, 6.45) is 3.78. The van der Waals surface area contributed by atoms with Gasteiger partial charge in [0.15, 0.2) is 4.34 Å². The number of nitrogens with zero attached hydrogens (tertiary/aromatic N) is 2. The molecular formula is C16H19N3O2S2. The number of benzene rings is 1. The highest BCUT2D eigenvalue weighted by Gasteiger charge is 2.24. The monoisotopic (exact) mass is 349 g/mol. The summed E-state index contributed by atoms with van der Waals surface area (Å²) in [5, 5.41) is 12.4. The number of ketones is 1. The van der Waals surface area contributed by atoms with Crippen LogP contribution in [-0.4, -0.2) is 27.8 Å². The fraction of sp³-hybridized carbons (Fsp3) is 0.438. The lowest BCUT2D eigenvalue weighted by Gasteiger charge is -2.18. The molecular weight excluding hydrogens is 330 g/mol. The maximum atomic E-state index is 11.9. The first kappa shape index (κ1) is 16.3. The molecule has 0 spiro atoms. The number of hydrogen-bond acceptors (Lipinski definition) is 7. The molecule has 0 saturated heterocycles. The summed E-state index contributed by atoms with van der Waals surface area (Å²) in [5.74, 6) is 1.13. The van der Waals surface area contributed by atoms with Crippen LogP contribution in [0.3, 0.4) is 0 Å². The van der Waals surface area contributed by atoms with Gasteiger partial charge in [0.25, 0.3) is 0 Å². The van der Waals surface area contributed by atoms with Crippen molar-refractivity contribution in [3.05, 3.63) is 24.3 Å². The maximum Gasteiger partial charge on any atom is 0.210 e. The van der Waals surface area contributed by atoms with Crippen molar-refractivity contribution < 1.29 is 9.53 Å². The fourth-order valence-electron chi connectivity index (χ4n) is 2.47. The van der Waals surface area contributed by atoms with Gasteiger partial charge in [-0.1, -0.05) is 41.7 Å². The number of anilines is 2. The van der Waals surface area contributed by atoms with Crippen LogP contribution in [0.5, 0.6) is 5.75 Å². The average molecular weight is 349 g/mol. The number of carbonyl (C=O) groups is 1. The third kappa shape index (κ3) is 4.23. The van der Waals surface area contributed by atoms with Gasteiger partial charge in [0.2, 0.25) is 5.13 Å². The Bertz CT molecular complexity index is 675. The molecule has 0 aliphatic heterocycles. The molecule has 23 heavy (non-hydrogen) atoms. The summed E-state index contributed by atoms with van der Waals surface area (Å²) in [6.45, 7) is 2.57. The van der Waals surface area contributed by atoms with Crippen LogP contribution in [0.1, 0.15) is 32.6 Å². The van der Waals surface area contributed by atoms with E-state index in [2.05, 4.69) is 15.5 Å². The molecule has 1 saturated carbocycles. The summed E-state index contributed by atoms with van der Waals surface area (Å²) in [5.41, 5.74) is 0.871. The van der Waals surface area contributed by atoms with Crippen molar-refractivity contribution in [3.8, 4) is 5.75 Å². The zero-order chi connectivity index (χ0) is 16.1. The molecule has 1 aliphatic carbocycles. The molecule has 0 unspecified atom stereocenters. The second-order valence-corrected chi connectivity index (χ2v) is 7.67. The van der Waals surface area contributed by atoms with Crippen LogP contribution in [0.15, 0.2) is 28.6 Å². The summed E-state index contributed by atoms with van der Waals surface area (Å²) in [4.78, 5) is 11.9. The van der Waals surface area contributed by atoms with Gasteiger partial charge in [-0.05, 0) is 31.9 Å². The van der Waals surface area contributed by atoms with Crippen molar-refractivity contribution in [2.45, 2.75) is 42.2 Å². The average Bonchev–Trinajstić information content (AvgIpc) is 2.99. The normalized spacial score (nSPS) is 18.0. The van der Waals surface area contributed by atoms with E-state index in [1.165, 1.54) is 11.3 Å². The number of carbonyl (C=O) groups excluding carboxylic acids is 1. The van der Waals surface area contributed by atoms with E-state index >= 15 is 0 Å². The van der Waals surface area contributed by atoms with Gasteiger partial charge in [-0.3, -0.25) is 4.79 Å². The van der Waals surface area contributed by atoms with Crippen LogP contribution in [0.25, 0.3) is 0 Å². The number of rotatable bonds is 6. The Labute approximate surface area is 143 Å². The van der Waals surface area contributed by atoms with E-state index in [-0.39, 0.29) is 5.25 Å². The molecule has 1 fully saturated rings. The van der Waals surface area contributed by atoms with Gasteiger partial charge in [0, 0.05) is 6.42 Å². The van der Waals surface area contributed by atoms with Gasteiger partial charge in [0.1, 0.15) is 11.5 Å². The second-order valence-electron chi connectivity index (χ2n) is 5.25. The third-order valence-electron chi connectivity index (χ3n) is 3.58. The summed E-state index contributed by atoms with van der Waals surface area (Å²) in [7, 11) is 0. The quantitative estimate of drug-likeness (QED) is 0.839. The van der Waals surface area contributed by atoms with Gasteiger partial charge in [-0.2, -0.15) is 0 Å². The fourth-order valence-corrected chi connectivity index (χ4v) is 4.60. The van der Waals surface area contributed by atoms with Gasteiger partial charge >= 0.3 is 0 Å². The van der Waals surface area contributed by atoms with Crippen molar-refractivity contribution >= 4 is 39.7 Å². The van der Waals surface area contributed by atoms with E-state index in [0.717, 1.165) is 35.0 Å². The van der Waals surface area contributed by atoms with Crippen LogP contribution in [-0.2, 0) is 4.79 Å². The Hall–Kier alpha value is -1.60. The standard InChI is InChI=1S/C16H19N3O2S2/c1-2-21-13-9-5-3-7-11(13)17-15-18-19-16(23-15)22-14-10-6-4-8-12(14)20/h3,5,7,9,14H,2,4,6,8,10H2,1H3,(H,17,18)/t14-/m0/s1. The summed E-state index contributed by atoms with van der Waals surface area (Å²) < 4.78 is 6.43. The van der Waals surface area contributed by atoms with Crippen LogP contribution in [0.2, 0.25) is 0 Å². The first-order valence-corrected chi connectivity index (χ1v) is 9.47. The van der Waals surface area contributed by atoms with Gasteiger partial charge in [-0.25, -0.2) is 0 Å². The molecule has 3 rings (SSSR count). The first-order chi connectivity index (χ1) is 11.3. The van der Waals surface area contributed by atoms with Gasteiger partial charge < -0.3 is 10.1 Å². The number of ether oxygens (including phenoxy) is 1.